The summed E-state index contributed by atoms with van der Waals surface area (Å²) in [5.74, 6) is -0.0843. The van der Waals surface area contributed by atoms with Crippen LogP contribution in [0.5, 0.6) is 0 Å². The highest BCUT2D eigenvalue weighted by Crippen LogP contribution is 2.46. The Labute approximate surface area is 179 Å². The van der Waals surface area contributed by atoms with Gasteiger partial charge < -0.3 is 29.4 Å². The molecule has 3 heterocycles. The molecule has 3 atom stereocenters. The Morgan fingerprint density at radius 2 is 2.00 bits per heavy atom. The Hall–Kier alpha value is -1.25. The minimum absolute atomic E-state index is 0.0282. The van der Waals surface area contributed by atoms with Gasteiger partial charge in [-0.1, -0.05) is 23.8 Å². The van der Waals surface area contributed by atoms with E-state index < -0.39 is 6.10 Å². The van der Waals surface area contributed by atoms with Crippen molar-refractivity contribution in [1.29, 1.82) is 0 Å². The molecule has 3 fully saturated rings. The molecular formula is C23H37NO6. The van der Waals surface area contributed by atoms with Crippen LogP contribution in [0.1, 0.15) is 59.8 Å². The van der Waals surface area contributed by atoms with Crippen LogP contribution in [0.15, 0.2) is 23.8 Å². The van der Waals surface area contributed by atoms with Gasteiger partial charge in [0.25, 0.3) is 0 Å². The lowest BCUT2D eigenvalue weighted by atomic mass is 9.85. The molecule has 0 saturated carbocycles. The van der Waals surface area contributed by atoms with Crippen LogP contribution in [-0.2, 0) is 23.7 Å². The monoisotopic (exact) mass is 423 g/mol. The average molecular weight is 424 g/mol. The van der Waals surface area contributed by atoms with E-state index in [1.165, 1.54) is 0 Å². The van der Waals surface area contributed by atoms with Gasteiger partial charge in [-0.15, -0.1) is 0 Å². The average Bonchev–Trinajstić information content (AvgIpc) is 3.40. The fourth-order valence-electron chi connectivity index (χ4n) is 4.15. The smallest absolute Gasteiger partial charge is 0.220 e. The van der Waals surface area contributed by atoms with Gasteiger partial charge in [0.05, 0.1) is 49.3 Å². The number of amides is 1. The molecule has 0 aromatic carbocycles. The van der Waals surface area contributed by atoms with Crippen molar-refractivity contribution in [2.45, 2.75) is 95.5 Å². The number of carbonyl (C=O) groups is 1. The number of carbonyl (C=O) groups excluding carboxylic acids is 1. The molecule has 7 nitrogen and oxygen atoms in total. The molecule has 0 aliphatic carbocycles. The van der Waals surface area contributed by atoms with Crippen LogP contribution < -0.4 is 5.32 Å². The van der Waals surface area contributed by atoms with Crippen LogP contribution in [0, 0.1) is 0 Å². The molecule has 7 heteroatoms. The summed E-state index contributed by atoms with van der Waals surface area (Å²) < 4.78 is 23.3. The quantitative estimate of drug-likeness (QED) is 0.461. The third-order valence-corrected chi connectivity index (χ3v) is 5.67. The molecule has 0 aromatic heterocycles. The van der Waals surface area contributed by atoms with E-state index in [9.17, 15) is 9.90 Å². The summed E-state index contributed by atoms with van der Waals surface area (Å²) in [7, 11) is 0. The van der Waals surface area contributed by atoms with Crippen molar-refractivity contribution in [3.63, 3.8) is 0 Å². The van der Waals surface area contributed by atoms with Crippen LogP contribution in [0.4, 0.5) is 0 Å². The van der Waals surface area contributed by atoms with Crippen molar-refractivity contribution in [2.24, 2.45) is 0 Å². The molecule has 3 rings (SSSR count). The van der Waals surface area contributed by atoms with E-state index >= 15 is 0 Å². The van der Waals surface area contributed by atoms with Gasteiger partial charge in [0.2, 0.25) is 5.91 Å². The maximum atomic E-state index is 11.8. The van der Waals surface area contributed by atoms with Gasteiger partial charge in [-0.05, 0) is 34.1 Å². The van der Waals surface area contributed by atoms with Crippen molar-refractivity contribution in [3.8, 4) is 0 Å². The van der Waals surface area contributed by atoms with E-state index in [1.807, 2.05) is 0 Å². The topological polar surface area (TPSA) is 89.5 Å². The molecule has 170 valence electrons. The molecule has 1 unspecified atom stereocenters. The molecule has 2 N–H and O–H groups in total. The van der Waals surface area contributed by atoms with Crippen molar-refractivity contribution in [3.05, 3.63) is 23.8 Å². The molecule has 1 amide bonds. The maximum absolute atomic E-state index is 11.8. The number of hydrogen-bond donors (Lipinski definition) is 2. The van der Waals surface area contributed by atoms with Crippen molar-refractivity contribution >= 4 is 5.91 Å². The number of nitrogens with one attached hydrogen (secondary N) is 1. The molecule has 3 saturated heterocycles. The lowest BCUT2D eigenvalue weighted by Gasteiger charge is -2.38. The van der Waals surface area contributed by atoms with Gasteiger partial charge in [-0.3, -0.25) is 4.79 Å². The molecular weight excluding hydrogens is 386 g/mol. The van der Waals surface area contributed by atoms with Gasteiger partial charge in [0.15, 0.2) is 6.29 Å². The van der Waals surface area contributed by atoms with Crippen LogP contribution in [0.25, 0.3) is 0 Å². The first-order valence-corrected chi connectivity index (χ1v) is 11.0. The summed E-state index contributed by atoms with van der Waals surface area (Å²) >= 11 is 0. The van der Waals surface area contributed by atoms with E-state index in [0.29, 0.717) is 32.5 Å². The highest BCUT2D eigenvalue weighted by molar-refractivity contribution is 5.76. The van der Waals surface area contributed by atoms with E-state index in [-0.39, 0.29) is 35.5 Å². The predicted octanol–water partition coefficient (Wildman–Crippen LogP) is 2.62. The second kappa shape index (κ2) is 9.92. The molecule has 30 heavy (non-hydrogen) atoms. The number of hydrogen-bond acceptors (Lipinski definition) is 6. The van der Waals surface area contributed by atoms with Crippen LogP contribution in [0.2, 0.25) is 0 Å². The van der Waals surface area contributed by atoms with E-state index in [4.69, 9.17) is 18.9 Å². The first-order valence-electron chi connectivity index (χ1n) is 11.0. The minimum atomic E-state index is -0.470. The summed E-state index contributed by atoms with van der Waals surface area (Å²) in [6.07, 6.45) is 8.90. The number of aliphatic hydroxyl groups is 1. The summed E-state index contributed by atoms with van der Waals surface area (Å²) in [5, 5.41) is 12.1. The SMILES string of the molecule is CC(C=C[C@@H]1C[C@]2(CO2)CC(C)(C)O1)=CCC1OCC(NC(=O)CCC(C)O)CO1. The second-order valence-corrected chi connectivity index (χ2v) is 9.56. The Kier molecular flexibility index (Phi) is 7.74. The van der Waals surface area contributed by atoms with Gasteiger partial charge in [0.1, 0.15) is 0 Å². The summed E-state index contributed by atoms with van der Waals surface area (Å²) in [6, 6.07) is -0.142. The molecule has 0 bridgehead atoms. The van der Waals surface area contributed by atoms with E-state index in [2.05, 4.69) is 44.3 Å². The largest absolute Gasteiger partial charge is 0.393 e. The zero-order valence-electron chi connectivity index (χ0n) is 18.7. The molecule has 3 aliphatic heterocycles. The van der Waals surface area contributed by atoms with Crippen molar-refractivity contribution < 1.29 is 28.8 Å². The molecule has 0 aromatic rings. The van der Waals surface area contributed by atoms with Crippen LogP contribution in [-0.4, -0.2) is 66.6 Å². The zero-order valence-corrected chi connectivity index (χ0v) is 18.7. The van der Waals surface area contributed by atoms with Gasteiger partial charge >= 0.3 is 0 Å². The molecule has 1 spiro atoms. The Bertz CT molecular complexity index is 638. The zero-order chi connectivity index (χ0) is 21.8. The second-order valence-electron chi connectivity index (χ2n) is 9.56. The number of ether oxygens (including phenoxy) is 4. The fraction of sp³-hybridized carbons (Fsp3) is 0.783. The van der Waals surface area contributed by atoms with Crippen molar-refractivity contribution in [1.82, 2.24) is 5.32 Å². The third-order valence-electron chi connectivity index (χ3n) is 5.67. The number of allylic oxidation sites excluding steroid dienone is 2. The van der Waals surface area contributed by atoms with E-state index in [0.717, 1.165) is 25.0 Å². The molecule has 0 radical (unpaired) electrons. The number of aliphatic hydroxyl groups excluding tert-OH is 1. The first-order chi connectivity index (χ1) is 14.1. The Morgan fingerprint density at radius 1 is 1.30 bits per heavy atom. The predicted molar refractivity (Wildman–Crippen MR) is 113 cm³/mol. The normalized spacial score (nSPS) is 34.8. The lowest BCUT2D eigenvalue weighted by Crippen LogP contribution is -2.47. The molecule has 3 aliphatic rings. The summed E-state index contributed by atoms with van der Waals surface area (Å²) in [5.41, 5.74) is 1.00. The lowest BCUT2D eigenvalue weighted by molar-refractivity contribution is -0.188. The van der Waals surface area contributed by atoms with Crippen LogP contribution in [0.3, 0.4) is 0 Å². The summed E-state index contributed by atoms with van der Waals surface area (Å²) in [4.78, 5) is 11.8. The highest BCUT2D eigenvalue weighted by Gasteiger charge is 2.53. The van der Waals surface area contributed by atoms with E-state index in [1.54, 1.807) is 6.92 Å². The number of rotatable bonds is 8. The fourth-order valence-corrected chi connectivity index (χ4v) is 4.15. The highest BCUT2D eigenvalue weighted by atomic mass is 16.7. The Balaban J connectivity index is 1.37. The first kappa shape index (κ1) is 23.4. The maximum Gasteiger partial charge on any atom is 0.220 e. The number of epoxide rings is 1. The van der Waals surface area contributed by atoms with Crippen molar-refractivity contribution in [2.75, 3.05) is 19.8 Å². The van der Waals surface area contributed by atoms with Gasteiger partial charge in [0, 0.05) is 25.7 Å². The summed E-state index contributed by atoms with van der Waals surface area (Å²) in [6.45, 7) is 9.69. The van der Waals surface area contributed by atoms with Gasteiger partial charge in [-0.25, -0.2) is 0 Å². The standard InChI is InChI=1S/C23H37NO6/c1-16(5-8-19-11-23(15-29-23)14-22(3,4)30-19)6-10-21-27-12-18(13-28-21)24-20(26)9-7-17(2)25/h5-6,8,17-19,21,25H,7,9-15H2,1-4H3,(H,24,26)/t17?,18?,19-,21?,23-/m1/s1. The van der Waals surface area contributed by atoms with Crippen LogP contribution >= 0.6 is 0 Å². The minimum Gasteiger partial charge on any atom is -0.393 e. The Morgan fingerprint density at radius 3 is 2.63 bits per heavy atom. The third kappa shape index (κ3) is 7.46. The van der Waals surface area contributed by atoms with Gasteiger partial charge in [-0.2, -0.15) is 0 Å².